The molecule has 33 heavy (non-hydrogen) atoms. The molecule has 0 fully saturated rings. The lowest BCUT2D eigenvalue weighted by Gasteiger charge is -2.24. The number of rotatable bonds is 4. The fourth-order valence-corrected chi connectivity index (χ4v) is 4.78. The summed E-state index contributed by atoms with van der Waals surface area (Å²) in [5, 5.41) is 27.2. The number of fused-ring (bicyclic) bond motifs is 1. The van der Waals surface area contributed by atoms with Crippen LogP contribution in [-0.2, 0) is 0 Å². The summed E-state index contributed by atoms with van der Waals surface area (Å²) in [6.07, 6.45) is 0. The van der Waals surface area contributed by atoms with E-state index in [0.717, 1.165) is 26.9 Å². The van der Waals surface area contributed by atoms with Crippen LogP contribution in [0.5, 0.6) is 5.75 Å². The van der Waals surface area contributed by atoms with Gasteiger partial charge in [-0.1, -0.05) is 72.8 Å². The zero-order valence-electron chi connectivity index (χ0n) is 17.3. The Balaban J connectivity index is 1.43. The molecular formula is C25H18N6OS. The minimum Gasteiger partial charge on any atom is -0.507 e. The molecule has 3 aromatic carbocycles. The van der Waals surface area contributed by atoms with E-state index in [9.17, 15) is 5.11 Å². The van der Waals surface area contributed by atoms with E-state index >= 15 is 0 Å². The van der Waals surface area contributed by atoms with Crippen LogP contribution >= 0.6 is 11.8 Å². The summed E-state index contributed by atoms with van der Waals surface area (Å²) >= 11 is 1.57. The molecule has 0 saturated carbocycles. The number of benzene rings is 3. The number of phenolic OH excluding ortho intramolecular Hbond substituents is 1. The van der Waals surface area contributed by atoms with Crippen LogP contribution in [0.2, 0.25) is 0 Å². The largest absolute Gasteiger partial charge is 0.507 e. The van der Waals surface area contributed by atoms with Gasteiger partial charge in [0.2, 0.25) is 11.0 Å². The highest BCUT2D eigenvalue weighted by molar-refractivity contribution is 8.08. The van der Waals surface area contributed by atoms with Gasteiger partial charge in [-0.25, -0.2) is 4.68 Å². The Hall–Kier alpha value is -4.30. The van der Waals surface area contributed by atoms with Crippen molar-refractivity contribution in [3.05, 3.63) is 102 Å². The Labute approximate surface area is 193 Å². The fraction of sp³-hybridized carbons (Fsp3) is 0. The van der Waals surface area contributed by atoms with Crippen LogP contribution in [0.1, 0.15) is 11.1 Å². The Morgan fingerprint density at radius 3 is 2.24 bits per heavy atom. The standard InChI is InChI=1S/C25H18N6OS/c32-21-14-8-7-13-18(21)19-15-20(27-26-19)24-28-29-25-31(24)30-22(16-9-3-1-4-10-16)23(33-25)17-11-5-2-6-12-17/h1-15,30,32H,(H,26,27). The lowest BCUT2D eigenvalue weighted by molar-refractivity contribution is 0.477. The van der Waals surface area contributed by atoms with Crippen molar-refractivity contribution in [2.75, 3.05) is 5.43 Å². The van der Waals surface area contributed by atoms with Crippen molar-refractivity contribution < 1.29 is 5.11 Å². The average Bonchev–Trinajstić information content (AvgIpc) is 3.51. The molecule has 0 radical (unpaired) electrons. The molecule has 8 heteroatoms. The summed E-state index contributed by atoms with van der Waals surface area (Å²) in [5.41, 5.74) is 8.64. The molecule has 0 bridgehead atoms. The second-order valence-electron chi connectivity index (χ2n) is 7.48. The molecule has 0 spiro atoms. The first-order valence-electron chi connectivity index (χ1n) is 10.4. The van der Waals surface area contributed by atoms with Gasteiger partial charge in [-0.3, -0.25) is 10.5 Å². The van der Waals surface area contributed by atoms with Crippen LogP contribution in [0.15, 0.2) is 96.2 Å². The zero-order chi connectivity index (χ0) is 22.2. The Morgan fingerprint density at radius 2 is 1.48 bits per heavy atom. The van der Waals surface area contributed by atoms with Gasteiger partial charge in [0.1, 0.15) is 11.4 Å². The number of nitrogens with one attached hydrogen (secondary N) is 2. The van der Waals surface area contributed by atoms with E-state index in [4.69, 9.17) is 0 Å². The van der Waals surface area contributed by atoms with Crippen LogP contribution in [0.4, 0.5) is 0 Å². The molecule has 160 valence electrons. The maximum atomic E-state index is 10.2. The topological polar surface area (TPSA) is 91.7 Å². The van der Waals surface area contributed by atoms with E-state index in [2.05, 4.69) is 50.1 Å². The van der Waals surface area contributed by atoms with Crippen LogP contribution in [0.3, 0.4) is 0 Å². The number of aromatic hydroxyl groups is 1. The minimum absolute atomic E-state index is 0.175. The van der Waals surface area contributed by atoms with Crippen molar-refractivity contribution in [1.82, 2.24) is 25.1 Å². The van der Waals surface area contributed by atoms with Crippen molar-refractivity contribution in [1.29, 1.82) is 0 Å². The summed E-state index contributed by atoms with van der Waals surface area (Å²) in [6, 6.07) is 29.4. The number of nitrogens with zero attached hydrogens (tertiary/aromatic N) is 4. The molecule has 6 rings (SSSR count). The maximum absolute atomic E-state index is 10.2. The number of para-hydroxylation sites is 1. The summed E-state index contributed by atoms with van der Waals surface area (Å²) in [4.78, 5) is 1.08. The number of thioether (sulfide) groups is 1. The predicted molar refractivity (Wildman–Crippen MR) is 130 cm³/mol. The first-order chi connectivity index (χ1) is 16.3. The highest BCUT2D eigenvalue weighted by atomic mass is 32.2. The smallest absolute Gasteiger partial charge is 0.215 e. The van der Waals surface area contributed by atoms with E-state index in [1.54, 1.807) is 23.9 Å². The van der Waals surface area contributed by atoms with Crippen molar-refractivity contribution in [2.24, 2.45) is 0 Å². The Kier molecular flexibility index (Phi) is 4.70. The molecule has 2 aromatic heterocycles. The molecular weight excluding hydrogens is 432 g/mol. The third kappa shape index (κ3) is 3.46. The first-order valence-corrected chi connectivity index (χ1v) is 11.2. The molecule has 0 atom stereocenters. The van der Waals surface area contributed by atoms with E-state index in [-0.39, 0.29) is 5.75 Å². The molecule has 1 aliphatic rings. The molecule has 3 N–H and O–H groups in total. The number of H-pyrrole nitrogens is 1. The van der Waals surface area contributed by atoms with Gasteiger partial charge in [0.25, 0.3) is 0 Å². The van der Waals surface area contributed by atoms with Crippen LogP contribution in [0.25, 0.3) is 33.4 Å². The van der Waals surface area contributed by atoms with Crippen LogP contribution < -0.4 is 5.43 Å². The van der Waals surface area contributed by atoms with Gasteiger partial charge in [-0.2, -0.15) is 5.10 Å². The molecule has 0 amide bonds. The number of aromatic amines is 1. The number of aromatic nitrogens is 5. The maximum Gasteiger partial charge on any atom is 0.215 e. The molecule has 0 saturated heterocycles. The Bertz CT molecular complexity index is 1470. The normalized spacial score (nSPS) is 13.0. The molecule has 1 aliphatic heterocycles. The fourth-order valence-electron chi connectivity index (χ4n) is 3.77. The number of phenols is 1. The van der Waals surface area contributed by atoms with Gasteiger partial charge in [-0.05, 0) is 35.5 Å². The summed E-state index contributed by atoms with van der Waals surface area (Å²) in [6.45, 7) is 0. The highest BCUT2D eigenvalue weighted by Crippen LogP contribution is 2.43. The summed E-state index contributed by atoms with van der Waals surface area (Å²) in [5.74, 6) is 0.779. The zero-order valence-corrected chi connectivity index (χ0v) is 18.1. The summed E-state index contributed by atoms with van der Waals surface area (Å²) in [7, 11) is 0. The molecule has 5 aromatic rings. The highest BCUT2D eigenvalue weighted by Gasteiger charge is 2.26. The lowest BCUT2D eigenvalue weighted by Crippen LogP contribution is -2.20. The predicted octanol–water partition coefficient (Wildman–Crippen LogP) is 5.22. The van der Waals surface area contributed by atoms with Gasteiger partial charge >= 0.3 is 0 Å². The quantitative estimate of drug-likeness (QED) is 0.348. The van der Waals surface area contributed by atoms with Gasteiger partial charge in [0.15, 0.2) is 0 Å². The van der Waals surface area contributed by atoms with Gasteiger partial charge < -0.3 is 5.11 Å². The molecule has 7 nitrogen and oxygen atoms in total. The monoisotopic (exact) mass is 450 g/mol. The van der Waals surface area contributed by atoms with Crippen LogP contribution in [-0.4, -0.2) is 30.2 Å². The average molecular weight is 451 g/mol. The first kappa shape index (κ1) is 19.4. The molecule has 0 aliphatic carbocycles. The van der Waals surface area contributed by atoms with Crippen molar-refractivity contribution >= 4 is 22.4 Å². The third-order valence-corrected chi connectivity index (χ3v) is 6.47. The van der Waals surface area contributed by atoms with Gasteiger partial charge in [-0.15, -0.1) is 10.2 Å². The minimum atomic E-state index is 0.175. The third-order valence-electron chi connectivity index (χ3n) is 5.37. The second-order valence-corrected chi connectivity index (χ2v) is 8.45. The van der Waals surface area contributed by atoms with Gasteiger partial charge in [0, 0.05) is 16.0 Å². The van der Waals surface area contributed by atoms with Crippen molar-refractivity contribution in [3.8, 4) is 28.5 Å². The molecule has 3 heterocycles. The summed E-state index contributed by atoms with van der Waals surface area (Å²) < 4.78 is 1.86. The van der Waals surface area contributed by atoms with Crippen molar-refractivity contribution in [2.45, 2.75) is 5.16 Å². The van der Waals surface area contributed by atoms with Crippen LogP contribution in [0, 0.1) is 0 Å². The number of hydrogen-bond acceptors (Lipinski definition) is 6. The number of hydrogen-bond donors (Lipinski definition) is 3. The van der Waals surface area contributed by atoms with E-state index in [1.165, 1.54) is 0 Å². The Morgan fingerprint density at radius 1 is 0.788 bits per heavy atom. The van der Waals surface area contributed by atoms with E-state index < -0.39 is 0 Å². The molecule has 0 unspecified atom stereocenters. The van der Waals surface area contributed by atoms with Crippen molar-refractivity contribution in [3.63, 3.8) is 0 Å². The SMILES string of the molecule is Oc1ccccc1-c1cc(-c2nnc3n2NC(c2ccccc2)=C(c2ccccc2)S3)[nH]n1. The van der Waals surface area contributed by atoms with Gasteiger partial charge in [0.05, 0.1) is 11.4 Å². The second kappa shape index (κ2) is 7.99. The lowest BCUT2D eigenvalue weighted by atomic mass is 10.1. The van der Waals surface area contributed by atoms with E-state index in [1.807, 2.05) is 59.3 Å². The van der Waals surface area contributed by atoms with E-state index in [0.29, 0.717) is 22.8 Å².